The predicted molar refractivity (Wildman–Crippen MR) is 125 cm³/mol. The van der Waals surface area contributed by atoms with Crippen molar-refractivity contribution in [3.63, 3.8) is 0 Å². The molecule has 4 aromatic rings. The van der Waals surface area contributed by atoms with Gasteiger partial charge >= 0.3 is 0 Å². The second-order valence-corrected chi connectivity index (χ2v) is 9.37. The number of amides is 1. The van der Waals surface area contributed by atoms with Crippen LogP contribution in [-0.2, 0) is 0 Å². The fraction of sp³-hybridized carbons (Fsp3) is 0.318. The molecule has 2 aromatic heterocycles. The molecule has 0 aliphatic rings. The Morgan fingerprint density at radius 2 is 1.87 bits per heavy atom. The van der Waals surface area contributed by atoms with Crippen molar-refractivity contribution in [2.75, 3.05) is 39.2 Å². The van der Waals surface area contributed by atoms with Gasteiger partial charge in [0.1, 0.15) is 11.3 Å². The van der Waals surface area contributed by atoms with Crippen LogP contribution in [0.5, 0.6) is 5.75 Å². The number of thiazole rings is 2. The van der Waals surface area contributed by atoms with E-state index >= 15 is 0 Å². The van der Waals surface area contributed by atoms with Gasteiger partial charge in [0, 0.05) is 6.54 Å². The van der Waals surface area contributed by atoms with Crippen molar-refractivity contribution in [2.24, 2.45) is 0 Å². The van der Waals surface area contributed by atoms with E-state index in [1.807, 2.05) is 50.5 Å². The van der Waals surface area contributed by atoms with Gasteiger partial charge in [-0.3, -0.25) is 9.69 Å². The van der Waals surface area contributed by atoms with Crippen LogP contribution >= 0.6 is 22.7 Å². The van der Waals surface area contributed by atoms with Crippen molar-refractivity contribution < 1.29 is 9.53 Å². The molecule has 30 heavy (non-hydrogen) atoms. The second-order valence-electron chi connectivity index (χ2n) is 7.36. The molecule has 0 saturated carbocycles. The summed E-state index contributed by atoms with van der Waals surface area (Å²) < 4.78 is 7.55. The molecule has 6 nitrogen and oxygen atoms in total. The molecule has 156 valence electrons. The predicted octanol–water partition coefficient (Wildman–Crippen LogP) is 4.82. The van der Waals surface area contributed by atoms with Crippen molar-refractivity contribution >= 4 is 54.1 Å². The molecule has 2 heterocycles. The highest BCUT2D eigenvalue weighted by molar-refractivity contribution is 7.23. The minimum atomic E-state index is -0.106. The lowest BCUT2D eigenvalue weighted by molar-refractivity contribution is 0.0986. The number of aromatic nitrogens is 2. The summed E-state index contributed by atoms with van der Waals surface area (Å²) in [5.41, 5.74) is 2.77. The first-order chi connectivity index (χ1) is 14.5. The van der Waals surface area contributed by atoms with Gasteiger partial charge in [0.15, 0.2) is 10.1 Å². The van der Waals surface area contributed by atoms with Crippen LogP contribution in [0.2, 0.25) is 0 Å². The minimum absolute atomic E-state index is 0.106. The van der Waals surface area contributed by atoms with E-state index < -0.39 is 0 Å². The van der Waals surface area contributed by atoms with E-state index in [2.05, 4.69) is 16.8 Å². The lowest BCUT2D eigenvalue weighted by Crippen LogP contribution is -2.33. The molecule has 8 heteroatoms. The smallest absolute Gasteiger partial charge is 0.289 e. The first-order valence-electron chi connectivity index (χ1n) is 9.74. The van der Waals surface area contributed by atoms with Gasteiger partial charge < -0.3 is 9.64 Å². The molecule has 0 fully saturated rings. The van der Waals surface area contributed by atoms with E-state index in [0.29, 0.717) is 16.7 Å². The van der Waals surface area contributed by atoms with E-state index in [4.69, 9.17) is 9.72 Å². The van der Waals surface area contributed by atoms with E-state index in [9.17, 15) is 4.79 Å². The average molecular weight is 441 g/mol. The van der Waals surface area contributed by atoms with E-state index in [-0.39, 0.29) is 5.91 Å². The van der Waals surface area contributed by atoms with Crippen LogP contribution in [0.4, 0.5) is 5.13 Å². The Morgan fingerprint density at radius 1 is 1.07 bits per heavy atom. The number of nitrogens with zero attached hydrogens (tertiary/aromatic N) is 4. The summed E-state index contributed by atoms with van der Waals surface area (Å²) >= 11 is 2.95. The molecule has 2 aromatic carbocycles. The molecule has 0 aliphatic heterocycles. The Hall–Kier alpha value is -2.55. The number of ether oxygens (including phenoxy) is 1. The number of aryl methyl sites for hydroxylation is 1. The van der Waals surface area contributed by atoms with E-state index in [1.54, 1.807) is 12.0 Å². The maximum atomic E-state index is 13.5. The topological polar surface area (TPSA) is 58.6 Å². The van der Waals surface area contributed by atoms with Crippen molar-refractivity contribution in [3.05, 3.63) is 47.0 Å². The molecular formula is C22H24N4O2S2. The number of hydrogen-bond acceptors (Lipinski definition) is 7. The molecular weight excluding hydrogens is 416 g/mol. The zero-order valence-corrected chi connectivity index (χ0v) is 19.1. The number of methoxy groups -OCH3 is 1. The van der Waals surface area contributed by atoms with Crippen molar-refractivity contribution in [1.82, 2.24) is 14.9 Å². The molecule has 0 unspecified atom stereocenters. The normalized spacial score (nSPS) is 11.5. The highest BCUT2D eigenvalue weighted by Gasteiger charge is 2.25. The summed E-state index contributed by atoms with van der Waals surface area (Å²) in [6, 6.07) is 11.8. The molecule has 4 rings (SSSR count). The van der Waals surface area contributed by atoms with Crippen molar-refractivity contribution in [1.29, 1.82) is 0 Å². The van der Waals surface area contributed by atoms with Crippen LogP contribution in [0, 0.1) is 6.92 Å². The minimum Gasteiger partial charge on any atom is -0.494 e. The SMILES string of the molecule is COc1ccc(C)c2sc(N(CCCN(C)C)C(=O)c3nc4ccccc4s3)nc12. The Morgan fingerprint density at radius 3 is 2.60 bits per heavy atom. The number of carbonyl (C=O) groups excluding carboxylic acids is 1. The molecule has 0 atom stereocenters. The standard InChI is InChI=1S/C22H24N4O2S2/c1-14-10-11-16(28-4)18-19(14)30-22(24-18)26(13-7-12-25(2)3)21(27)20-23-15-8-5-6-9-17(15)29-20/h5-6,8-11H,7,12-13H2,1-4H3. The number of fused-ring (bicyclic) bond motifs is 2. The fourth-order valence-electron chi connectivity index (χ4n) is 3.29. The van der Waals surface area contributed by atoms with Crippen molar-refractivity contribution in [2.45, 2.75) is 13.3 Å². The first-order valence-corrected chi connectivity index (χ1v) is 11.4. The first kappa shape index (κ1) is 20.7. The van der Waals surface area contributed by atoms with Gasteiger partial charge in [0.25, 0.3) is 5.91 Å². The van der Waals surface area contributed by atoms with E-state index in [0.717, 1.165) is 44.7 Å². The van der Waals surface area contributed by atoms with Gasteiger partial charge in [-0.25, -0.2) is 9.97 Å². The molecule has 0 spiro atoms. The lowest BCUT2D eigenvalue weighted by atomic mass is 10.2. The van der Waals surface area contributed by atoms with Crippen LogP contribution in [0.1, 0.15) is 21.8 Å². The van der Waals surface area contributed by atoms with Crippen LogP contribution in [-0.4, -0.2) is 55.1 Å². The zero-order valence-electron chi connectivity index (χ0n) is 17.5. The van der Waals surface area contributed by atoms with Crippen LogP contribution in [0.3, 0.4) is 0 Å². The van der Waals surface area contributed by atoms with Gasteiger partial charge in [0.05, 0.1) is 22.0 Å². The summed E-state index contributed by atoms with van der Waals surface area (Å²) in [5, 5.41) is 1.17. The van der Waals surface area contributed by atoms with Gasteiger partial charge in [0.2, 0.25) is 0 Å². The summed E-state index contributed by atoms with van der Waals surface area (Å²) in [4.78, 5) is 26.8. The highest BCUT2D eigenvalue weighted by Crippen LogP contribution is 2.37. The van der Waals surface area contributed by atoms with Crippen LogP contribution in [0.15, 0.2) is 36.4 Å². The van der Waals surface area contributed by atoms with Crippen LogP contribution < -0.4 is 9.64 Å². The summed E-state index contributed by atoms with van der Waals surface area (Å²) in [6.07, 6.45) is 0.843. The Kier molecular flexibility index (Phi) is 5.99. The maximum Gasteiger partial charge on any atom is 0.289 e. The molecule has 0 aliphatic carbocycles. The number of para-hydroxylation sites is 1. The number of benzene rings is 2. The van der Waals surface area contributed by atoms with Gasteiger partial charge in [-0.1, -0.05) is 29.5 Å². The quantitative estimate of drug-likeness (QED) is 0.412. The average Bonchev–Trinajstić information content (AvgIpc) is 3.36. The summed E-state index contributed by atoms with van der Waals surface area (Å²) in [6.45, 7) is 3.51. The molecule has 1 amide bonds. The van der Waals surface area contributed by atoms with Crippen LogP contribution in [0.25, 0.3) is 20.4 Å². The number of rotatable bonds is 7. The summed E-state index contributed by atoms with van der Waals surface area (Å²) in [7, 11) is 5.71. The van der Waals surface area contributed by atoms with Gasteiger partial charge in [-0.05, 0) is 57.7 Å². The Labute approximate surface area is 183 Å². The van der Waals surface area contributed by atoms with Gasteiger partial charge in [-0.2, -0.15) is 0 Å². The second kappa shape index (κ2) is 8.67. The molecule has 0 N–H and O–H groups in total. The Balaban J connectivity index is 1.74. The fourth-order valence-corrected chi connectivity index (χ4v) is 5.28. The maximum absolute atomic E-state index is 13.5. The lowest BCUT2D eigenvalue weighted by Gasteiger charge is -2.19. The number of anilines is 1. The van der Waals surface area contributed by atoms with Crippen molar-refractivity contribution in [3.8, 4) is 5.75 Å². The monoisotopic (exact) mass is 440 g/mol. The highest BCUT2D eigenvalue weighted by atomic mass is 32.1. The Bertz CT molecular complexity index is 1170. The molecule has 0 radical (unpaired) electrons. The molecule has 0 bridgehead atoms. The van der Waals surface area contributed by atoms with Gasteiger partial charge in [-0.15, -0.1) is 11.3 Å². The zero-order chi connectivity index (χ0) is 21.3. The molecule has 0 saturated heterocycles. The third-order valence-corrected chi connectivity index (χ3v) is 7.09. The number of hydrogen-bond donors (Lipinski definition) is 0. The largest absolute Gasteiger partial charge is 0.494 e. The summed E-state index contributed by atoms with van der Waals surface area (Å²) in [5.74, 6) is 0.615. The number of carbonyl (C=O) groups is 1. The van der Waals surface area contributed by atoms with E-state index in [1.165, 1.54) is 22.7 Å². The third-order valence-electron chi connectivity index (χ3n) is 4.85. The third kappa shape index (κ3) is 4.03.